The fourth-order valence-electron chi connectivity index (χ4n) is 4.42. The third-order valence-corrected chi connectivity index (χ3v) is 6.13. The summed E-state index contributed by atoms with van der Waals surface area (Å²) in [5, 5.41) is 13.1. The van der Waals surface area contributed by atoms with Crippen molar-refractivity contribution in [2.45, 2.75) is 43.6 Å². The molecular formula is C21H28N4O2. The van der Waals surface area contributed by atoms with Crippen molar-refractivity contribution in [2.24, 2.45) is 0 Å². The van der Waals surface area contributed by atoms with Crippen molar-refractivity contribution in [2.75, 3.05) is 37.0 Å². The van der Waals surface area contributed by atoms with Gasteiger partial charge in [-0.3, -0.25) is 0 Å². The van der Waals surface area contributed by atoms with Crippen molar-refractivity contribution in [3.63, 3.8) is 0 Å². The average molecular weight is 368 g/mol. The van der Waals surface area contributed by atoms with Crippen LogP contribution in [0.3, 0.4) is 0 Å². The van der Waals surface area contributed by atoms with Gasteiger partial charge in [-0.2, -0.15) is 0 Å². The number of aliphatic hydroxyl groups excluding tert-OH is 1. The Morgan fingerprint density at radius 2 is 2.11 bits per heavy atom. The van der Waals surface area contributed by atoms with Gasteiger partial charge in [0.2, 0.25) is 0 Å². The maximum Gasteiger partial charge on any atom is 0.134 e. The Balaban J connectivity index is 1.50. The summed E-state index contributed by atoms with van der Waals surface area (Å²) >= 11 is 0. The van der Waals surface area contributed by atoms with E-state index in [0.29, 0.717) is 0 Å². The van der Waals surface area contributed by atoms with E-state index in [1.54, 1.807) is 13.4 Å². The highest BCUT2D eigenvalue weighted by Gasteiger charge is 2.40. The van der Waals surface area contributed by atoms with E-state index in [-0.39, 0.29) is 18.1 Å². The van der Waals surface area contributed by atoms with E-state index in [9.17, 15) is 5.11 Å². The highest BCUT2D eigenvalue weighted by molar-refractivity contribution is 5.51. The van der Waals surface area contributed by atoms with Crippen molar-refractivity contribution in [3.05, 3.63) is 42.2 Å². The SMILES string of the molecule is COc1ccccc1C1(CNc2cc(N3CCCC3CO)ncn2)CCC1. The number of anilines is 2. The maximum absolute atomic E-state index is 9.58. The van der Waals surface area contributed by atoms with Crippen LogP contribution in [0.4, 0.5) is 11.6 Å². The summed E-state index contributed by atoms with van der Waals surface area (Å²) in [6, 6.07) is 10.5. The van der Waals surface area contributed by atoms with E-state index in [2.05, 4.69) is 32.3 Å². The van der Waals surface area contributed by atoms with E-state index in [1.807, 2.05) is 18.2 Å². The Bertz CT molecular complexity index is 778. The first-order valence-electron chi connectivity index (χ1n) is 9.83. The van der Waals surface area contributed by atoms with Crippen molar-refractivity contribution >= 4 is 11.6 Å². The monoisotopic (exact) mass is 368 g/mol. The molecule has 1 atom stereocenters. The van der Waals surface area contributed by atoms with Gasteiger partial charge in [-0.05, 0) is 31.7 Å². The summed E-state index contributed by atoms with van der Waals surface area (Å²) in [4.78, 5) is 11.0. The lowest BCUT2D eigenvalue weighted by Gasteiger charge is -2.43. The second-order valence-electron chi connectivity index (χ2n) is 7.62. The fraction of sp³-hybridized carbons (Fsp3) is 0.524. The van der Waals surface area contributed by atoms with Crippen LogP contribution in [0.5, 0.6) is 5.75 Å². The molecule has 6 nitrogen and oxygen atoms in total. The van der Waals surface area contributed by atoms with Gasteiger partial charge in [-0.15, -0.1) is 0 Å². The Morgan fingerprint density at radius 3 is 2.85 bits per heavy atom. The summed E-state index contributed by atoms with van der Waals surface area (Å²) in [6.45, 7) is 1.93. The van der Waals surface area contributed by atoms with Gasteiger partial charge in [-0.1, -0.05) is 24.6 Å². The number of hydrogen-bond acceptors (Lipinski definition) is 6. The van der Waals surface area contributed by atoms with Crippen LogP contribution in [0, 0.1) is 0 Å². The zero-order chi connectivity index (χ0) is 18.7. The third-order valence-electron chi connectivity index (χ3n) is 6.13. The van der Waals surface area contributed by atoms with Crippen LogP contribution < -0.4 is 15.0 Å². The van der Waals surface area contributed by atoms with Gasteiger partial charge in [0.25, 0.3) is 0 Å². The highest BCUT2D eigenvalue weighted by Crippen LogP contribution is 2.47. The number of nitrogens with zero attached hydrogens (tertiary/aromatic N) is 3. The molecule has 144 valence electrons. The zero-order valence-electron chi connectivity index (χ0n) is 15.9. The minimum absolute atomic E-state index is 0.0962. The summed E-state index contributed by atoms with van der Waals surface area (Å²) in [6.07, 6.45) is 7.25. The molecule has 1 aliphatic heterocycles. The Morgan fingerprint density at radius 1 is 1.26 bits per heavy atom. The lowest BCUT2D eigenvalue weighted by atomic mass is 9.64. The Hall–Kier alpha value is -2.34. The molecule has 1 aromatic carbocycles. The average Bonchev–Trinajstić information content (AvgIpc) is 3.16. The number of rotatable bonds is 7. The number of nitrogens with one attached hydrogen (secondary N) is 1. The quantitative estimate of drug-likeness (QED) is 0.783. The minimum Gasteiger partial charge on any atom is -0.496 e. The molecule has 1 saturated carbocycles. The number of benzene rings is 1. The molecule has 2 fully saturated rings. The second-order valence-corrected chi connectivity index (χ2v) is 7.62. The van der Waals surface area contributed by atoms with Crippen LogP contribution in [0.25, 0.3) is 0 Å². The molecule has 4 rings (SSSR count). The molecule has 0 bridgehead atoms. The van der Waals surface area contributed by atoms with Crippen LogP contribution in [0.2, 0.25) is 0 Å². The predicted octanol–water partition coefficient (Wildman–Crippen LogP) is 2.98. The number of ether oxygens (including phenoxy) is 1. The smallest absolute Gasteiger partial charge is 0.134 e. The van der Waals surface area contributed by atoms with E-state index in [4.69, 9.17) is 4.74 Å². The summed E-state index contributed by atoms with van der Waals surface area (Å²) < 4.78 is 5.61. The molecule has 1 unspecified atom stereocenters. The van der Waals surface area contributed by atoms with Gasteiger partial charge in [0.15, 0.2) is 0 Å². The maximum atomic E-state index is 9.58. The van der Waals surface area contributed by atoms with E-state index in [1.165, 1.54) is 12.0 Å². The van der Waals surface area contributed by atoms with Gasteiger partial charge in [0, 0.05) is 30.1 Å². The van der Waals surface area contributed by atoms with Crippen LogP contribution in [-0.2, 0) is 5.41 Å². The Labute approximate surface area is 160 Å². The molecule has 2 aliphatic rings. The number of aliphatic hydroxyl groups is 1. The number of para-hydroxylation sites is 1. The van der Waals surface area contributed by atoms with Crippen molar-refractivity contribution in [1.82, 2.24) is 9.97 Å². The van der Waals surface area contributed by atoms with Crippen molar-refractivity contribution in [3.8, 4) is 5.75 Å². The fourth-order valence-corrected chi connectivity index (χ4v) is 4.42. The first-order valence-corrected chi connectivity index (χ1v) is 9.83. The van der Waals surface area contributed by atoms with Crippen LogP contribution in [0.1, 0.15) is 37.7 Å². The summed E-state index contributed by atoms with van der Waals surface area (Å²) in [5.74, 6) is 2.69. The molecule has 0 amide bonds. The van der Waals surface area contributed by atoms with Gasteiger partial charge >= 0.3 is 0 Å². The largest absolute Gasteiger partial charge is 0.496 e. The van der Waals surface area contributed by atoms with Crippen molar-refractivity contribution in [1.29, 1.82) is 0 Å². The normalized spacial score (nSPS) is 21.0. The first-order chi connectivity index (χ1) is 13.3. The van der Waals surface area contributed by atoms with E-state index in [0.717, 1.165) is 56.2 Å². The molecule has 27 heavy (non-hydrogen) atoms. The molecule has 6 heteroatoms. The van der Waals surface area contributed by atoms with E-state index < -0.39 is 0 Å². The zero-order valence-corrected chi connectivity index (χ0v) is 15.9. The molecule has 1 aromatic heterocycles. The summed E-state index contributed by atoms with van der Waals surface area (Å²) in [5.41, 5.74) is 1.37. The van der Waals surface area contributed by atoms with Crippen LogP contribution >= 0.6 is 0 Å². The topological polar surface area (TPSA) is 70.5 Å². The Kier molecular flexibility index (Phi) is 5.16. The van der Waals surface area contributed by atoms with Crippen LogP contribution in [-0.4, -0.2) is 47.9 Å². The second kappa shape index (κ2) is 7.72. The third kappa shape index (κ3) is 3.46. The van der Waals surface area contributed by atoms with Gasteiger partial charge in [-0.25, -0.2) is 9.97 Å². The summed E-state index contributed by atoms with van der Waals surface area (Å²) in [7, 11) is 1.74. The first kappa shape index (κ1) is 18.0. The lowest BCUT2D eigenvalue weighted by Crippen LogP contribution is -2.41. The molecule has 2 heterocycles. The van der Waals surface area contributed by atoms with Crippen molar-refractivity contribution < 1.29 is 9.84 Å². The standard InChI is InChI=1S/C21H28N4O2/c1-27-18-8-3-2-7-17(18)21(9-5-10-21)14-22-19-12-20(24-15-23-19)25-11-4-6-16(25)13-26/h2-3,7-8,12,15-16,26H,4-6,9-11,13-14H2,1H3,(H,22,23,24). The number of aromatic nitrogens is 2. The number of methoxy groups -OCH3 is 1. The highest BCUT2D eigenvalue weighted by atomic mass is 16.5. The molecule has 1 aliphatic carbocycles. The van der Waals surface area contributed by atoms with Gasteiger partial charge in [0.1, 0.15) is 23.7 Å². The van der Waals surface area contributed by atoms with Gasteiger partial charge in [0.05, 0.1) is 19.8 Å². The molecular weight excluding hydrogens is 340 g/mol. The molecule has 2 aromatic rings. The van der Waals surface area contributed by atoms with E-state index >= 15 is 0 Å². The van der Waals surface area contributed by atoms with Crippen LogP contribution in [0.15, 0.2) is 36.7 Å². The predicted molar refractivity (Wildman–Crippen MR) is 106 cm³/mol. The molecule has 0 spiro atoms. The minimum atomic E-state index is 0.0962. The number of hydrogen-bond donors (Lipinski definition) is 2. The molecule has 2 N–H and O–H groups in total. The molecule has 0 radical (unpaired) electrons. The molecule has 1 saturated heterocycles. The van der Waals surface area contributed by atoms with Gasteiger partial charge < -0.3 is 20.1 Å². The lowest BCUT2D eigenvalue weighted by molar-refractivity contribution is 0.250.